The Labute approximate surface area is 160 Å². The molecule has 3 aromatic heterocycles. The predicted molar refractivity (Wildman–Crippen MR) is 103 cm³/mol. The highest BCUT2D eigenvalue weighted by atomic mass is 16.3. The molecule has 4 aromatic rings. The molecule has 5 rings (SSSR count). The molecule has 1 fully saturated rings. The Kier molecular flexibility index (Phi) is 3.82. The van der Waals surface area contributed by atoms with E-state index in [1.807, 2.05) is 41.2 Å². The fourth-order valence-corrected chi connectivity index (χ4v) is 3.17. The van der Waals surface area contributed by atoms with Gasteiger partial charge in [0.25, 0.3) is 5.43 Å². The van der Waals surface area contributed by atoms with Gasteiger partial charge < -0.3 is 5.11 Å². The quantitative estimate of drug-likeness (QED) is 0.579. The van der Waals surface area contributed by atoms with E-state index in [1.54, 1.807) is 23.1 Å². The average Bonchev–Trinajstić information content (AvgIpc) is 3.18. The van der Waals surface area contributed by atoms with Crippen LogP contribution in [0.1, 0.15) is 12.8 Å². The van der Waals surface area contributed by atoms with Crippen LogP contribution in [0, 0.1) is 5.92 Å². The van der Waals surface area contributed by atoms with E-state index >= 15 is 0 Å². The van der Waals surface area contributed by atoms with E-state index in [2.05, 4.69) is 15.3 Å². The molecule has 8 heteroatoms. The first-order valence-corrected chi connectivity index (χ1v) is 9.14. The molecule has 140 valence electrons. The van der Waals surface area contributed by atoms with Crippen molar-refractivity contribution in [2.45, 2.75) is 19.4 Å². The minimum absolute atomic E-state index is 0.122. The van der Waals surface area contributed by atoms with Gasteiger partial charge >= 0.3 is 0 Å². The van der Waals surface area contributed by atoms with E-state index < -0.39 is 5.43 Å². The molecule has 28 heavy (non-hydrogen) atoms. The second kappa shape index (κ2) is 6.49. The molecule has 8 nitrogen and oxygen atoms in total. The highest BCUT2D eigenvalue weighted by molar-refractivity contribution is 5.58. The molecule has 0 amide bonds. The monoisotopic (exact) mass is 374 g/mol. The van der Waals surface area contributed by atoms with Gasteiger partial charge in [-0.25, -0.2) is 9.36 Å². The van der Waals surface area contributed by atoms with E-state index in [-0.39, 0.29) is 11.4 Å². The first-order chi connectivity index (χ1) is 13.7. The third kappa shape index (κ3) is 2.98. The first kappa shape index (κ1) is 16.5. The van der Waals surface area contributed by atoms with E-state index in [1.165, 1.54) is 23.7 Å². The lowest BCUT2D eigenvalue weighted by Gasteiger charge is -2.09. The molecule has 0 bridgehead atoms. The van der Waals surface area contributed by atoms with Crippen LogP contribution in [0.4, 0.5) is 0 Å². The number of hydrogen-bond donors (Lipinski definition) is 1. The van der Waals surface area contributed by atoms with Gasteiger partial charge in [-0.2, -0.15) is 15.3 Å². The molecule has 0 aliphatic heterocycles. The van der Waals surface area contributed by atoms with Crippen LogP contribution in [0.3, 0.4) is 0 Å². The second-order valence-electron chi connectivity index (χ2n) is 6.96. The third-order valence-electron chi connectivity index (χ3n) is 4.81. The van der Waals surface area contributed by atoms with Crippen molar-refractivity contribution in [2.24, 2.45) is 5.92 Å². The fourth-order valence-electron chi connectivity index (χ4n) is 3.17. The summed E-state index contributed by atoms with van der Waals surface area (Å²) >= 11 is 0. The van der Waals surface area contributed by atoms with Crippen LogP contribution >= 0.6 is 0 Å². The minimum atomic E-state index is -0.542. The standard InChI is InChI=1S/C20H18N6O2/c27-18-13-25(16-10-22-24(12-16)11-14-6-7-14)23-19(20(18)28)17-8-9-21-26(17)15-4-2-1-3-5-15/h1-5,8-10,12-14,27H,6-7,11H2. The minimum Gasteiger partial charge on any atom is -0.503 e. The van der Waals surface area contributed by atoms with Gasteiger partial charge in [0.15, 0.2) is 11.4 Å². The summed E-state index contributed by atoms with van der Waals surface area (Å²) in [5, 5.41) is 23.4. The van der Waals surface area contributed by atoms with Crippen LogP contribution < -0.4 is 5.43 Å². The maximum atomic E-state index is 12.6. The van der Waals surface area contributed by atoms with Crippen molar-refractivity contribution in [2.75, 3.05) is 0 Å². The van der Waals surface area contributed by atoms with Crippen molar-refractivity contribution in [3.8, 4) is 28.5 Å². The van der Waals surface area contributed by atoms with Crippen LogP contribution in [0.15, 0.2) is 66.0 Å². The van der Waals surface area contributed by atoms with Crippen LogP contribution in [-0.2, 0) is 6.54 Å². The number of hydrogen-bond acceptors (Lipinski definition) is 5. The van der Waals surface area contributed by atoms with Gasteiger partial charge in [-0.3, -0.25) is 9.48 Å². The van der Waals surface area contributed by atoms with Gasteiger partial charge in [-0.05, 0) is 37.0 Å². The molecule has 0 radical (unpaired) electrons. The second-order valence-corrected chi connectivity index (χ2v) is 6.96. The van der Waals surface area contributed by atoms with Gasteiger partial charge in [0.05, 0.1) is 36.2 Å². The summed E-state index contributed by atoms with van der Waals surface area (Å²) < 4.78 is 4.98. The summed E-state index contributed by atoms with van der Waals surface area (Å²) in [6, 6.07) is 11.2. The molecule has 1 N–H and O–H groups in total. The summed E-state index contributed by atoms with van der Waals surface area (Å²) in [7, 11) is 0. The summed E-state index contributed by atoms with van der Waals surface area (Å²) in [5.41, 5.74) is 1.57. The summed E-state index contributed by atoms with van der Waals surface area (Å²) in [5.74, 6) is 0.319. The molecule has 1 aliphatic carbocycles. The zero-order chi connectivity index (χ0) is 19.1. The molecular formula is C20H18N6O2. The van der Waals surface area contributed by atoms with E-state index in [4.69, 9.17) is 0 Å². The lowest BCUT2D eigenvalue weighted by atomic mass is 10.2. The van der Waals surface area contributed by atoms with Crippen molar-refractivity contribution in [1.29, 1.82) is 0 Å². The number of aromatic nitrogens is 6. The molecule has 3 heterocycles. The highest BCUT2D eigenvalue weighted by Crippen LogP contribution is 2.30. The smallest absolute Gasteiger partial charge is 0.251 e. The number of nitrogens with zero attached hydrogens (tertiary/aromatic N) is 6. The molecule has 0 unspecified atom stereocenters. The molecular weight excluding hydrogens is 356 g/mol. The predicted octanol–water partition coefficient (Wildman–Crippen LogP) is 2.40. The van der Waals surface area contributed by atoms with Crippen molar-refractivity contribution >= 4 is 0 Å². The zero-order valence-electron chi connectivity index (χ0n) is 15.0. The number of aromatic hydroxyl groups is 1. The third-order valence-corrected chi connectivity index (χ3v) is 4.81. The molecule has 0 saturated heterocycles. The normalized spacial score (nSPS) is 13.7. The van der Waals surface area contributed by atoms with Gasteiger partial charge in [0.1, 0.15) is 5.69 Å². The Morgan fingerprint density at radius 3 is 2.64 bits per heavy atom. The zero-order valence-corrected chi connectivity index (χ0v) is 15.0. The van der Waals surface area contributed by atoms with E-state index in [0.29, 0.717) is 17.3 Å². The maximum absolute atomic E-state index is 12.6. The Morgan fingerprint density at radius 1 is 1.04 bits per heavy atom. The molecule has 1 aliphatic rings. The lowest BCUT2D eigenvalue weighted by Crippen LogP contribution is -2.15. The van der Waals surface area contributed by atoms with Crippen LogP contribution in [0.5, 0.6) is 5.75 Å². The van der Waals surface area contributed by atoms with Crippen molar-refractivity contribution in [3.05, 3.63) is 71.4 Å². The Morgan fingerprint density at radius 2 is 1.86 bits per heavy atom. The fraction of sp³-hybridized carbons (Fsp3) is 0.200. The molecule has 0 atom stereocenters. The largest absolute Gasteiger partial charge is 0.503 e. The highest BCUT2D eigenvalue weighted by Gasteiger charge is 2.22. The average molecular weight is 374 g/mol. The number of benzene rings is 1. The maximum Gasteiger partial charge on any atom is 0.251 e. The summed E-state index contributed by atoms with van der Waals surface area (Å²) in [6.45, 7) is 0.875. The molecule has 1 aromatic carbocycles. The number of rotatable bonds is 5. The van der Waals surface area contributed by atoms with Gasteiger partial charge in [0, 0.05) is 6.54 Å². The SMILES string of the molecule is O=c1c(O)cn(-c2cnn(CC3CC3)c2)nc1-c1ccnn1-c1ccccc1. The van der Waals surface area contributed by atoms with Crippen molar-refractivity contribution in [3.63, 3.8) is 0 Å². The van der Waals surface area contributed by atoms with Crippen LogP contribution in [0.25, 0.3) is 22.8 Å². The van der Waals surface area contributed by atoms with Gasteiger partial charge in [-0.15, -0.1) is 0 Å². The van der Waals surface area contributed by atoms with E-state index in [0.717, 1.165) is 12.2 Å². The van der Waals surface area contributed by atoms with Crippen molar-refractivity contribution in [1.82, 2.24) is 29.3 Å². The van der Waals surface area contributed by atoms with Gasteiger partial charge in [-0.1, -0.05) is 18.2 Å². The first-order valence-electron chi connectivity index (χ1n) is 9.14. The Bertz CT molecular complexity index is 1190. The van der Waals surface area contributed by atoms with Crippen LogP contribution in [-0.4, -0.2) is 34.4 Å². The topological polar surface area (TPSA) is 90.8 Å². The Hall–Kier alpha value is -3.68. The molecule has 0 spiro atoms. The molecule has 1 saturated carbocycles. The Balaban J connectivity index is 1.59. The van der Waals surface area contributed by atoms with Crippen molar-refractivity contribution < 1.29 is 5.11 Å². The lowest BCUT2D eigenvalue weighted by molar-refractivity contribution is 0.462. The summed E-state index contributed by atoms with van der Waals surface area (Å²) in [6.07, 6.45) is 8.93. The summed E-state index contributed by atoms with van der Waals surface area (Å²) in [4.78, 5) is 12.6. The van der Waals surface area contributed by atoms with Crippen LogP contribution in [0.2, 0.25) is 0 Å². The van der Waals surface area contributed by atoms with E-state index in [9.17, 15) is 9.90 Å². The van der Waals surface area contributed by atoms with Gasteiger partial charge in [0.2, 0.25) is 0 Å². The number of para-hydroxylation sites is 1.